The normalized spacial score (nSPS) is 11.7. The van der Waals surface area contributed by atoms with Crippen LogP contribution in [0.25, 0.3) is 10.2 Å². The summed E-state index contributed by atoms with van der Waals surface area (Å²) in [6, 6.07) is 8.65. The Labute approximate surface area is 147 Å². The summed E-state index contributed by atoms with van der Waals surface area (Å²) < 4.78 is 48.1. The largest absolute Gasteiger partial charge is 0.495 e. The molecule has 0 saturated carbocycles. The molecule has 0 radical (unpaired) electrons. The van der Waals surface area contributed by atoms with E-state index in [-0.39, 0.29) is 10.6 Å². The topological polar surface area (TPSA) is 68.6 Å². The SMILES string of the molecule is COc1cccc(F)c1S(=O)(=O)N(C)c1ccc2sc(=O)n(C)c2c1. The highest BCUT2D eigenvalue weighted by Crippen LogP contribution is 2.32. The number of anilines is 1. The van der Waals surface area contributed by atoms with Crippen molar-refractivity contribution in [2.45, 2.75) is 4.90 Å². The molecule has 0 bridgehead atoms. The summed E-state index contributed by atoms with van der Waals surface area (Å²) in [5.74, 6) is -0.967. The standard InChI is InChI=1S/C16H15FN2O4S2/c1-18-12-9-10(7-8-14(12)24-16(18)20)19(2)25(21,22)15-11(17)5-4-6-13(15)23-3/h4-9H,1-3H3. The molecule has 25 heavy (non-hydrogen) atoms. The predicted octanol–water partition coefficient (Wildman–Crippen LogP) is 2.57. The molecule has 0 spiro atoms. The number of methoxy groups -OCH3 is 1. The summed E-state index contributed by atoms with van der Waals surface area (Å²) >= 11 is 1.07. The van der Waals surface area contributed by atoms with Gasteiger partial charge in [-0.2, -0.15) is 0 Å². The van der Waals surface area contributed by atoms with Crippen LogP contribution in [0.15, 0.2) is 46.1 Å². The first-order valence-corrected chi connectivity index (χ1v) is 9.44. The minimum atomic E-state index is -4.19. The second kappa shape index (κ2) is 6.16. The highest BCUT2D eigenvalue weighted by atomic mass is 32.2. The second-order valence-corrected chi connectivity index (χ2v) is 8.22. The Kier molecular flexibility index (Phi) is 4.29. The van der Waals surface area contributed by atoms with Gasteiger partial charge in [0.2, 0.25) is 0 Å². The Morgan fingerprint density at radius 3 is 2.64 bits per heavy atom. The van der Waals surface area contributed by atoms with Gasteiger partial charge in [0.1, 0.15) is 11.6 Å². The molecule has 2 aromatic carbocycles. The van der Waals surface area contributed by atoms with Crippen molar-refractivity contribution in [3.05, 3.63) is 51.9 Å². The number of aryl methyl sites for hydroxylation is 1. The molecule has 3 rings (SSSR count). The number of hydrogen-bond donors (Lipinski definition) is 0. The van der Waals surface area contributed by atoms with Crippen molar-refractivity contribution in [1.82, 2.24) is 4.57 Å². The number of sulfonamides is 1. The third-order valence-corrected chi connectivity index (χ3v) is 6.77. The van der Waals surface area contributed by atoms with Gasteiger partial charge in [-0.3, -0.25) is 9.10 Å². The van der Waals surface area contributed by atoms with Crippen LogP contribution in [-0.4, -0.2) is 27.1 Å². The lowest BCUT2D eigenvalue weighted by molar-refractivity contribution is 0.394. The third kappa shape index (κ3) is 2.79. The average molecular weight is 382 g/mol. The molecule has 0 fully saturated rings. The minimum Gasteiger partial charge on any atom is -0.495 e. The maximum absolute atomic E-state index is 14.2. The van der Waals surface area contributed by atoms with E-state index in [1.165, 1.54) is 30.9 Å². The van der Waals surface area contributed by atoms with Gasteiger partial charge in [-0.1, -0.05) is 17.4 Å². The predicted molar refractivity (Wildman–Crippen MR) is 95.6 cm³/mol. The van der Waals surface area contributed by atoms with Crippen LogP contribution < -0.4 is 13.9 Å². The highest BCUT2D eigenvalue weighted by molar-refractivity contribution is 7.93. The van der Waals surface area contributed by atoms with Crippen molar-refractivity contribution < 1.29 is 17.5 Å². The van der Waals surface area contributed by atoms with Crippen LogP contribution in [0.1, 0.15) is 0 Å². The maximum Gasteiger partial charge on any atom is 0.307 e. The fourth-order valence-corrected chi connectivity index (χ4v) is 4.73. The van der Waals surface area contributed by atoms with Crippen molar-refractivity contribution in [1.29, 1.82) is 0 Å². The van der Waals surface area contributed by atoms with Gasteiger partial charge in [0.15, 0.2) is 4.90 Å². The van der Waals surface area contributed by atoms with E-state index in [1.807, 2.05) is 0 Å². The number of thiazole rings is 1. The molecule has 0 aliphatic heterocycles. The van der Waals surface area contributed by atoms with Crippen molar-refractivity contribution >= 4 is 37.3 Å². The van der Waals surface area contributed by atoms with E-state index < -0.39 is 20.7 Å². The quantitative estimate of drug-likeness (QED) is 0.696. The number of nitrogens with zero attached hydrogens (tertiary/aromatic N) is 2. The van der Waals surface area contributed by atoms with Gasteiger partial charge in [0, 0.05) is 14.1 Å². The maximum atomic E-state index is 14.2. The molecule has 3 aromatic rings. The molecule has 0 unspecified atom stereocenters. The van der Waals surface area contributed by atoms with Crippen LogP contribution >= 0.6 is 11.3 Å². The van der Waals surface area contributed by atoms with Crippen LogP contribution in [0, 0.1) is 5.82 Å². The zero-order valence-electron chi connectivity index (χ0n) is 13.7. The Morgan fingerprint density at radius 2 is 1.96 bits per heavy atom. The molecule has 6 nitrogen and oxygen atoms in total. The van der Waals surface area contributed by atoms with Crippen LogP contribution in [0.3, 0.4) is 0 Å². The lowest BCUT2D eigenvalue weighted by Gasteiger charge is -2.21. The number of rotatable bonds is 4. The molecule has 0 saturated heterocycles. The molecule has 132 valence electrons. The van der Waals surface area contributed by atoms with Crippen molar-refractivity contribution in [3.8, 4) is 5.75 Å². The van der Waals surface area contributed by atoms with E-state index >= 15 is 0 Å². The van der Waals surface area contributed by atoms with Crippen molar-refractivity contribution in [2.24, 2.45) is 7.05 Å². The summed E-state index contributed by atoms with van der Waals surface area (Å²) in [7, 11) is 0.0247. The van der Waals surface area contributed by atoms with Gasteiger partial charge in [-0.25, -0.2) is 12.8 Å². The number of benzene rings is 2. The van der Waals surface area contributed by atoms with Gasteiger partial charge >= 0.3 is 4.87 Å². The van der Waals surface area contributed by atoms with Gasteiger partial charge in [0.05, 0.1) is 23.0 Å². The monoisotopic (exact) mass is 382 g/mol. The highest BCUT2D eigenvalue weighted by Gasteiger charge is 2.29. The molecule has 0 aliphatic rings. The smallest absolute Gasteiger partial charge is 0.307 e. The Morgan fingerprint density at radius 1 is 1.24 bits per heavy atom. The van der Waals surface area contributed by atoms with Crippen LogP contribution in [0.5, 0.6) is 5.75 Å². The molecule has 0 N–H and O–H groups in total. The van der Waals surface area contributed by atoms with Crippen LogP contribution in [0.4, 0.5) is 10.1 Å². The number of halogens is 1. The van der Waals surface area contributed by atoms with Crippen LogP contribution in [0.2, 0.25) is 0 Å². The second-order valence-electron chi connectivity index (χ2n) is 5.32. The first-order valence-electron chi connectivity index (χ1n) is 7.18. The molecular weight excluding hydrogens is 367 g/mol. The Balaban J connectivity index is 2.16. The lowest BCUT2D eigenvalue weighted by Crippen LogP contribution is -2.27. The fourth-order valence-electron chi connectivity index (χ4n) is 2.49. The summed E-state index contributed by atoms with van der Waals surface area (Å²) in [5.41, 5.74) is 0.918. The van der Waals surface area contributed by atoms with Crippen LogP contribution in [-0.2, 0) is 17.1 Å². The van der Waals surface area contributed by atoms with E-state index in [4.69, 9.17) is 4.74 Å². The van der Waals surface area contributed by atoms with E-state index in [0.717, 1.165) is 26.4 Å². The molecule has 0 atom stereocenters. The Bertz CT molecular complexity index is 1120. The first kappa shape index (κ1) is 17.4. The molecule has 0 aliphatic carbocycles. The zero-order chi connectivity index (χ0) is 18.4. The molecule has 1 heterocycles. The van der Waals surface area contributed by atoms with Gasteiger partial charge in [0.25, 0.3) is 10.0 Å². The number of hydrogen-bond acceptors (Lipinski definition) is 5. The summed E-state index contributed by atoms with van der Waals surface area (Å²) in [6.45, 7) is 0. The van der Waals surface area contributed by atoms with Crippen molar-refractivity contribution in [3.63, 3.8) is 0 Å². The Hall–Kier alpha value is -2.39. The first-order chi connectivity index (χ1) is 11.8. The summed E-state index contributed by atoms with van der Waals surface area (Å²) in [5, 5.41) is 0. The third-order valence-electron chi connectivity index (χ3n) is 3.91. The van der Waals surface area contributed by atoms with E-state index in [2.05, 4.69) is 0 Å². The van der Waals surface area contributed by atoms with Gasteiger partial charge < -0.3 is 9.30 Å². The molecule has 0 amide bonds. The summed E-state index contributed by atoms with van der Waals surface area (Å²) in [6.07, 6.45) is 0. The number of ether oxygens (including phenoxy) is 1. The molecular formula is C16H15FN2O4S2. The average Bonchev–Trinajstić information content (AvgIpc) is 2.87. The summed E-state index contributed by atoms with van der Waals surface area (Å²) in [4.78, 5) is 11.1. The lowest BCUT2D eigenvalue weighted by atomic mass is 10.3. The van der Waals surface area contributed by atoms with Gasteiger partial charge in [-0.05, 0) is 30.3 Å². The minimum absolute atomic E-state index is 0.0733. The number of fused-ring (bicyclic) bond motifs is 1. The molecule has 9 heteroatoms. The van der Waals surface area contributed by atoms with Gasteiger partial charge in [-0.15, -0.1) is 0 Å². The van der Waals surface area contributed by atoms with E-state index in [9.17, 15) is 17.6 Å². The fraction of sp³-hybridized carbons (Fsp3) is 0.188. The zero-order valence-corrected chi connectivity index (χ0v) is 15.3. The molecule has 1 aromatic heterocycles. The number of aromatic nitrogens is 1. The van der Waals surface area contributed by atoms with E-state index in [1.54, 1.807) is 25.2 Å². The van der Waals surface area contributed by atoms with Crippen molar-refractivity contribution in [2.75, 3.05) is 18.5 Å². The van der Waals surface area contributed by atoms with E-state index in [0.29, 0.717) is 11.2 Å².